The molecule has 1 aliphatic carbocycles. The van der Waals surface area contributed by atoms with Crippen molar-refractivity contribution in [3.8, 4) is 5.75 Å². The van der Waals surface area contributed by atoms with Crippen molar-refractivity contribution >= 4 is 15.9 Å². The van der Waals surface area contributed by atoms with Crippen molar-refractivity contribution in [2.75, 3.05) is 19.9 Å². The standard InChI is InChI=1S/C22H28N2O4S/c1-16-7-9-17(10-8-16)14-24(29(3,26)27)15-22(25)23-21-6-4-5-18-13-19(28-2)11-12-20(18)21/h7-13,21H,4-6,14-15H2,1-3H3,(H,23,25). The molecule has 2 aromatic rings. The molecule has 1 unspecified atom stereocenters. The highest BCUT2D eigenvalue weighted by Gasteiger charge is 2.25. The van der Waals surface area contributed by atoms with Gasteiger partial charge >= 0.3 is 0 Å². The lowest BCUT2D eigenvalue weighted by molar-refractivity contribution is -0.122. The zero-order valence-electron chi connectivity index (χ0n) is 17.1. The summed E-state index contributed by atoms with van der Waals surface area (Å²) in [4.78, 5) is 12.7. The molecule has 156 valence electrons. The molecule has 29 heavy (non-hydrogen) atoms. The molecule has 0 bridgehead atoms. The fourth-order valence-electron chi connectivity index (χ4n) is 3.66. The number of methoxy groups -OCH3 is 1. The van der Waals surface area contributed by atoms with Crippen molar-refractivity contribution in [2.24, 2.45) is 0 Å². The summed E-state index contributed by atoms with van der Waals surface area (Å²) >= 11 is 0. The van der Waals surface area contributed by atoms with E-state index in [1.807, 2.05) is 49.4 Å². The minimum Gasteiger partial charge on any atom is -0.497 e. The molecule has 0 heterocycles. The van der Waals surface area contributed by atoms with E-state index in [4.69, 9.17) is 4.74 Å². The molecule has 7 heteroatoms. The molecule has 6 nitrogen and oxygen atoms in total. The Kier molecular flexibility index (Phi) is 6.59. The largest absolute Gasteiger partial charge is 0.497 e. The van der Waals surface area contributed by atoms with Crippen LogP contribution in [0.25, 0.3) is 0 Å². The van der Waals surface area contributed by atoms with E-state index < -0.39 is 10.0 Å². The normalized spacial score (nSPS) is 16.3. The van der Waals surface area contributed by atoms with Crippen LogP contribution in [0.15, 0.2) is 42.5 Å². The van der Waals surface area contributed by atoms with Crippen molar-refractivity contribution in [1.29, 1.82) is 0 Å². The Morgan fingerprint density at radius 2 is 1.93 bits per heavy atom. The van der Waals surface area contributed by atoms with Crippen LogP contribution in [-0.4, -0.2) is 38.5 Å². The van der Waals surface area contributed by atoms with E-state index in [9.17, 15) is 13.2 Å². The third-order valence-electron chi connectivity index (χ3n) is 5.27. The van der Waals surface area contributed by atoms with E-state index in [1.54, 1.807) is 7.11 Å². The van der Waals surface area contributed by atoms with Gasteiger partial charge in [-0.3, -0.25) is 4.79 Å². The smallest absolute Gasteiger partial charge is 0.235 e. The van der Waals surface area contributed by atoms with Crippen LogP contribution in [0.2, 0.25) is 0 Å². The number of benzene rings is 2. The first kappa shape index (κ1) is 21.3. The highest BCUT2D eigenvalue weighted by atomic mass is 32.2. The van der Waals surface area contributed by atoms with Gasteiger partial charge in [-0.15, -0.1) is 0 Å². The Hall–Kier alpha value is -2.38. The van der Waals surface area contributed by atoms with E-state index in [0.717, 1.165) is 48.0 Å². The fourth-order valence-corrected chi connectivity index (χ4v) is 4.39. The first-order valence-corrected chi connectivity index (χ1v) is 11.6. The Labute approximate surface area is 172 Å². The third kappa shape index (κ3) is 5.58. The van der Waals surface area contributed by atoms with E-state index in [-0.39, 0.29) is 25.0 Å². The number of nitrogens with one attached hydrogen (secondary N) is 1. The summed E-state index contributed by atoms with van der Waals surface area (Å²) in [7, 11) is -1.89. The molecule has 0 saturated heterocycles. The van der Waals surface area contributed by atoms with Crippen LogP contribution >= 0.6 is 0 Å². The molecular weight excluding hydrogens is 388 g/mol. The number of hydrogen-bond acceptors (Lipinski definition) is 4. The van der Waals surface area contributed by atoms with E-state index >= 15 is 0 Å². The Balaban J connectivity index is 1.70. The van der Waals surface area contributed by atoms with Gasteiger partial charge in [0, 0.05) is 6.54 Å². The van der Waals surface area contributed by atoms with Crippen LogP contribution in [-0.2, 0) is 27.8 Å². The number of carbonyl (C=O) groups is 1. The Morgan fingerprint density at radius 3 is 2.59 bits per heavy atom. The first-order chi connectivity index (χ1) is 13.8. The highest BCUT2D eigenvalue weighted by Crippen LogP contribution is 2.32. The topological polar surface area (TPSA) is 75.7 Å². The quantitative estimate of drug-likeness (QED) is 0.753. The van der Waals surface area contributed by atoms with Gasteiger partial charge in [0.05, 0.1) is 26.0 Å². The number of amides is 1. The summed E-state index contributed by atoms with van der Waals surface area (Å²) in [5.41, 5.74) is 4.20. The van der Waals surface area contributed by atoms with Gasteiger partial charge in [-0.2, -0.15) is 4.31 Å². The van der Waals surface area contributed by atoms with Gasteiger partial charge in [-0.05, 0) is 55.0 Å². The predicted molar refractivity (Wildman–Crippen MR) is 113 cm³/mol. The molecule has 0 spiro atoms. The second-order valence-corrected chi connectivity index (χ2v) is 9.58. The van der Waals surface area contributed by atoms with Gasteiger partial charge in [0.15, 0.2) is 0 Å². The number of hydrogen-bond donors (Lipinski definition) is 1. The van der Waals surface area contributed by atoms with Crippen LogP contribution in [0.1, 0.15) is 41.1 Å². The molecule has 0 aromatic heterocycles. The second-order valence-electron chi connectivity index (χ2n) is 7.59. The molecule has 0 fully saturated rings. The Morgan fingerprint density at radius 1 is 1.21 bits per heavy atom. The lowest BCUT2D eigenvalue weighted by Crippen LogP contribution is -2.41. The van der Waals surface area contributed by atoms with Crippen LogP contribution in [0.3, 0.4) is 0 Å². The number of nitrogens with zero attached hydrogens (tertiary/aromatic N) is 1. The summed E-state index contributed by atoms with van der Waals surface area (Å²) in [6.45, 7) is 1.95. The zero-order valence-corrected chi connectivity index (χ0v) is 18.0. The summed E-state index contributed by atoms with van der Waals surface area (Å²) < 4.78 is 31.0. The summed E-state index contributed by atoms with van der Waals surface area (Å²) in [5, 5.41) is 3.02. The van der Waals surface area contributed by atoms with Gasteiger partial charge in [0.1, 0.15) is 5.75 Å². The molecule has 1 atom stereocenters. The lowest BCUT2D eigenvalue weighted by Gasteiger charge is -2.28. The van der Waals surface area contributed by atoms with Crippen molar-refractivity contribution in [3.63, 3.8) is 0 Å². The van der Waals surface area contributed by atoms with Gasteiger partial charge in [-0.25, -0.2) is 8.42 Å². The van der Waals surface area contributed by atoms with Crippen molar-refractivity contribution in [1.82, 2.24) is 9.62 Å². The molecule has 1 amide bonds. The maximum Gasteiger partial charge on any atom is 0.235 e. The number of rotatable bonds is 7. The summed E-state index contributed by atoms with van der Waals surface area (Å²) in [6.07, 6.45) is 3.88. The number of sulfonamides is 1. The molecule has 2 aromatic carbocycles. The van der Waals surface area contributed by atoms with Gasteiger partial charge in [-0.1, -0.05) is 35.9 Å². The molecule has 1 N–H and O–H groups in total. The molecule has 3 rings (SSSR count). The molecule has 1 aliphatic rings. The van der Waals surface area contributed by atoms with Crippen LogP contribution in [0.4, 0.5) is 0 Å². The Bertz CT molecular complexity index is 971. The molecule has 0 saturated carbocycles. The summed E-state index contributed by atoms with van der Waals surface area (Å²) in [5.74, 6) is 0.508. The fraction of sp³-hybridized carbons (Fsp3) is 0.409. The molecular formula is C22H28N2O4S. The minimum absolute atomic E-state index is 0.113. The maximum absolute atomic E-state index is 12.7. The summed E-state index contributed by atoms with van der Waals surface area (Å²) in [6, 6.07) is 13.4. The highest BCUT2D eigenvalue weighted by molar-refractivity contribution is 7.88. The van der Waals surface area contributed by atoms with Gasteiger partial charge in [0.25, 0.3) is 0 Å². The monoisotopic (exact) mass is 416 g/mol. The molecule has 0 aliphatic heterocycles. The van der Waals surface area contributed by atoms with E-state index in [2.05, 4.69) is 5.32 Å². The van der Waals surface area contributed by atoms with E-state index in [0.29, 0.717) is 0 Å². The van der Waals surface area contributed by atoms with E-state index in [1.165, 1.54) is 9.87 Å². The average molecular weight is 417 g/mol. The van der Waals surface area contributed by atoms with Gasteiger partial charge < -0.3 is 10.1 Å². The molecule has 0 radical (unpaired) electrons. The third-order valence-corrected chi connectivity index (χ3v) is 6.46. The van der Waals surface area contributed by atoms with Gasteiger partial charge in [0.2, 0.25) is 15.9 Å². The number of ether oxygens (including phenoxy) is 1. The lowest BCUT2D eigenvalue weighted by atomic mass is 9.87. The minimum atomic E-state index is -3.52. The SMILES string of the molecule is COc1ccc2c(c1)CCCC2NC(=O)CN(Cc1ccc(C)cc1)S(C)(=O)=O. The number of fused-ring (bicyclic) bond motifs is 1. The number of aryl methyl sites for hydroxylation is 2. The van der Waals surface area contributed by atoms with Crippen molar-refractivity contribution < 1.29 is 17.9 Å². The first-order valence-electron chi connectivity index (χ1n) is 9.73. The number of carbonyl (C=O) groups excluding carboxylic acids is 1. The van der Waals surface area contributed by atoms with Crippen molar-refractivity contribution in [3.05, 3.63) is 64.7 Å². The van der Waals surface area contributed by atoms with Crippen LogP contribution in [0.5, 0.6) is 5.75 Å². The van der Waals surface area contributed by atoms with Crippen LogP contribution in [0, 0.1) is 6.92 Å². The predicted octanol–water partition coefficient (Wildman–Crippen LogP) is 2.96. The van der Waals surface area contributed by atoms with Crippen molar-refractivity contribution in [2.45, 2.75) is 38.8 Å². The van der Waals surface area contributed by atoms with Crippen LogP contribution < -0.4 is 10.1 Å². The second kappa shape index (κ2) is 8.97. The average Bonchev–Trinajstić information content (AvgIpc) is 2.68. The zero-order chi connectivity index (χ0) is 21.0. The maximum atomic E-state index is 12.7.